The average Bonchev–Trinajstić information content (AvgIpc) is 3.17. The first-order valence-electron chi connectivity index (χ1n) is 9.69. The van der Waals surface area contributed by atoms with E-state index in [1.165, 1.54) is 23.5 Å². The van der Waals surface area contributed by atoms with Crippen molar-refractivity contribution in [3.05, 3.63) is 84.2 Å². The third-order valence-corrected chi connectivity index (χ3v) is 5.87. The molecule has 6 heteroatoms. The Morgan fingerprint density at radius 1 is 0.933 bits per heavy atom. The molecule has 0 radical (unpaired) electrons. The van der Waals surface area contributed by atoms with Gasteiger partial charge in [-0.05, 0) is 55.6 Å². The monoisotopic (exact) mass is 419 g/mol. The Morgan fingerprint density at radius 2 is 1.63 bits per heavy atom. The van der Waals surface area contributed by atoms with E-state index in [9.17, 15) is 9.18 Å². The molecule has 0 N–H and O–H groups in total. The topological polar surface area (TPSA) is 36.4 Å². The second kappa shape index (κ2) is 8.73. The number of anilines is 1. The van der Waals surface area contributed by atoms with E-state index < -0.39 is 0 Å². The third-order valence-electron chi connectivity index (χ3n) is 4.83. The summed E-state index contributed by atoms with van der Waals surface area (Å²) in [6.07, 6.45) is 0. The number of aromatic nitrogens is 1. The lowest BCUT2D eigenvalue weighted by molar-refractivity contribution is 0.0985. The quantitative estimate of drug-likeness (QED) is 0.425. The van der Waals surface area contributed by atoms with E-state index in [4.69, 9.17) is 0 Å². The molecule has 30 heavy (non-hydrogen) atoms. The van der Waals surface area contributed by atoms with Crippen molar-refractivity contribution in [1.29, 1.82) is 0 Å². The predicted molar refractivity (Wildman–Crippen MR) is 122 cm³/mol. The summed E-state index contributed by atoms with van der Waals surface area (Å²) in [4.78, 5) is 21.6. The minimum absolute atomic E-state index is 0.115. The van der Waals surface area contributed by atoms with Gasteiger partial charge in [0.2, 0.25) is 0 Å². The summed E-state index contributed by atoms with van der Waals surface area (Å²) in [5.41, 5.74) is 3.45. The van der Waals surface area contributed by atoms with Crippen LogP contribution in [0.1, 0.15) is 10.4 Å². The maximum atomic E-state index is 13.6. The molecule has 0 bridgehead atoms. The maximum absolute atomic E-state index is 13.6. The molecule has 0 aliphatic carbocycles. The highest BCUT2D eigenvalue weighted by Crippen LogP contribution is 2.30. The van der Waals surface area contributed by atoms with E-state index in [1.807, 2.05) is 73.6 Å². The van der Waals surface area contributed by atoms with Gasteiger partial charge in [0.25, 0.3) is 5.91 Å². The molecule has 0 unspecified atom stereocenters. The van der Waals surface area contributed by atoms with Crippen molar-refractivity contribution >= 4 is 32.6 Å². The first-order chi connectivity index (χ1) is 14.5. The van der Waals surface area contributed by atoms with Crippen LogP contribution in [0.3, 0.4) is 0 Å². The largest absolute Gasteiger partial charge is 0.308 e. The first-order valence-corrected chi connectivity index (χ1v) is 10.5. The second-order valence-corrected chi connectivity index (χ2v) is 8.32. The fourth-order valence-corrected chi connectivity index (χ4v) is 4.19. The van der Waals surface area contributed by atoms with Crippen LogP contribution < -0.4 is 4.90 Å². The van der Waals surface area contributed by atoms with Crippen LogP contribution in [0.4, 0.5) is 9.52 Å². The Kier molecular flexibility index (Phi) is 5.88. The number of rotatable bonds is 6. The molecule has 0 aliphatic rings. The van der Waals surface area contributed by atoms with E-state index >= 15 is 0 Å². The van der Waals surface area contributed by atoms with Gasteiger partial charge in [-0.15, -0.1) is 0 Å². The minimum atomic E-state index is -0.305. The van der Waals surface area contributed by atoms with Gasteiger partial charge in [-0.25, -0.2) is 9.37 Å². The average molecular weight is 420 g/mol. The third kappa shape index (κ3) is 4.40. The van der Waals surface area contributed by atoms with Crippen LogP contribution in [0.25, 0.3) is 21.3 Å². The van der Waals surface area contributed by atoms with Gasteiger partial charge < -0.3 is 4.90 Å². The van der Waals surface area contributed by atoms with E-state index in [-0.39, 0.29) is 11.7 Å². The molecule has 0 atom stereocenters. The Hall–Kier alpha value is -3.09. The number of carbonyl (C=O) groups excluding carboxylic acids is 1. The SMILES string of the molecule is CN(C)CCN(C(=O)c1ccc(-c2ccccc2)cc1)c1nc2ccc(F)cc2s1. The van der Waals surface area contributed by atoms with Crippen molar-refractivity contribution in [3.8, 4) is 11.1 Å². The number of hydrogen-bond acceptors (Lipinski definition) is 4. The highest BCUT2D eigenvalue weighted by molar-refractivity contribution is 7.22. The lowest BCUT2D eigenvalue weighted by Gasteiger charge is -2.22. The molecule has 4 rings (SSSR count). The maximum Gasteiger partial charge on any atom is 0.260 e. The predicted octanol–water partition coefficient (Wildman–Crippen LogP) is 5.31. The van der Waals surface area contributed by atoms with E-state index in [2.05, 4.69) is 4.98 Å². The van der Waals surface area contributed by atoms with E-state index in [1.54, 1.807) is 11.0 Å². The Labute approximate surface area is 179 Å². The molecule has 0 saturated carbocycles. The number of fused-ring (bicyclic) bond motifs is 1. The molecule has 152 valence electrons. The number of benzene rings is 3. The summed E-state index contributed by atoms with van der Waals surface area (Å²) < 4.78 is 14.3. The Bertz CT molecular complexity index is 1160. The smallest absolute Gasteiger partial charge is 0.260 e. The fourth-order valence-electron chi connectivity index (χ4n) is 3.18. The fraction of sp³-hybridized carbons (Fsp3) is 0.167. The van der Waals surface area contributed by atoms with Crippen LogP contribution in [0.5, 0.6) is 0 Å². The standard InChI is InChI=1S/C24H22FN3OS/c1-27(2)14-15-28(24-26-21-13-12-20(25)16-22(21)30-24)23(29)19-10-8-18(9-11-19)17-6-4-3-5-7-17/h3-13,16H,14-15H2,1-2H3. The zero-order valence-corrected chi connectivity index (χ0v) is 17.7. The summed E-state index contributed by atoms with van der Waals surface area (Å²) >= 11 is 1.33. The molecule has 3 aromatic carbocycles. The highest BCUT2D eigenvalue weighted by atomic mass is 32.1. The van der Waals surface area contributed by atoms with Gasteiger partial charge in [-0.3, -0.25) is 9.69 Å². The van der Waals surface area contributed by atoms with Gasteiger partial charge in [0, 0.05) is 18.7 Å². The van der Waals surface area contributed by atoms with Crippen molar-refractivity contribution in [1.82, 2.24) is 9.88 Å². The zero-order chi connectivity index (χ0) is 21.1. The number of thiazole rings is 1. The van der Waals surface area contributed by atoms with Crippen LogP contribution in [0.15, 0.2) is 72.8 Å². The van der Waals surface area contributed by atoms with Crippen molar-refractivity contribution in [2.24, 2.45) is 0 Å². The van der Waals surface area contributed by atoms with Gasteiger partial charge in [0.05, 0.1) is 10.2 Å². The molecule has 0 spiro atoms. The number of likely N-dealkylation sites (N-methyl/N-ethyl adjacent to an activating group) is 1. The molecule has 0 aliphatic heterocycles. The minimum Gasteiger partial charge on any atom is -0.308 e. The van der Waals surface area contributed by atoms with Crippen LogP contribution in [0, 0.1) is 5.82 Å². The normalized spacial score (nSPS) is 11.2. The molecule has 0 saturated heterocycles. The van der Waals surface area contributed by atoms with E-state index in [0.29, 0.717) is 29.3 Å². The molecular weight excluding hydrogens is 397 g/mol. The summed E-state index contributed by atoms with van der Waals surface area (Å²) in [6, 6.07) is 22.2. The van der Waals surface area contributed by atoms with Crippen molar-refractivity contribution in [2.45, 2.75) is 0 Å². The zero-order valence-electron chi connectivity index (χ0n) is 16.9. The van der Waals surface area contributed by atoms with Gasteiger partial charge in [0.15, 0.2) is 5.13 Å². The van der Waals surface area contributed by atoms with Gasteiger partial charge in [-0.1, -0.05) is 53.8 Å². The summed E-state index contributed by atoms with van der Waals surface area (Å²) in [7, 11) is 3.93. The number of amides is 1. The number of halogens is 1. The van der Waals surface area contributed by atoms with Gasteiger partial charge >= 0.3 is 0 Å². The molecule has 4 nitrogen and oxygen atoms in total. The van der Waals surface area contributed by atoms with Gasteiger partial charge in [0.1, 0.15) is 5.82 Å². The summed E-state index contributed by atoms with van der Waals surface area (Å²) in [5, 5.41) is 0.578. The molecule has 1 amide bonds. The molecule has 4 aromatic rings. The van der Waals surface area contributed by atoms with Crippen molar-refractivity contribution in [3.63, 3.8) is 0 Å². The van der Waals surface area contributed by atoms with Crippen LogP contribution in [0.2, 0.25) is 0 Å². The number of hydrogen-bond donors (Lipinski definition) is 0. The Morgan fingerprint density at radius 3 is 2.33 bits per heavy atom. The molecule has 0 fully saturated rings. The van der Waals surface area contributed by atoms with Crippen molar-refractivity contribution in [2.75, 3.05) is 32.1 Å². The number of nitrogens with zero attached hydrogens (tertiary/aromatic N) is 3. The first kappa shape index (κ1) is 20.2. The van der Waals surface area contributed by atoms with Gasteiger partial charge in [-0.2, -0.15) is 0 Å². The van der Waals surface area contributed by atoms with Crippen LogP contribution in [-0.4, -0.2) is 43.0 Å². The number of carbonyl (C=O) groups is 1. The lowest BCUT2D eigenvalue weighted by Crippen LogP contribution is -2.36. The Balaban J connectivity index is 1.65. The summed E-state index contributed by atoms with van der Waals surface area (Å²) in [5.74, 6) is -0.420. The van der Waals surface area contributed by atoms with E-state index in [0.717, 1.165) is 15.8 Å². The highest BCUT2D eigenvalue weighted by Gasteiger charge is 2.21. The van der Waals surface area contributed by atoms with Crippen LogP contribution in [-0.2, 0) is 0 Å². The lowest BCUT2D eigenvalue weighted by atomic mass is 10.0. The molecular formula is C24H22FN3OS. The molecule has 1 aromatic heterocycles. The second-order valence-electron chi connectivity index (χ2n) is 7.31. The summed E-state index contributed by atoms with van der Waals surface area (Å²) in [6.45, 7) is 1.19. The molecule has 1 heterocycles. The van der Waals surface area contributed by atoms with Crippen molar-refractivity contribution < 1.29 is 9.18 Å². The van der Waals surface area contributed by atoms with Crippen LogP contribution >= 0.6 is 11.3 Å².